The third-order valence-electron chi connectivity index (χ3n) is 2.20. The largest absolute Gasteiger partial charge is 0.416 e. The summed E-state index contributed by atoms with van der Waals surface area (Å²) in [6, 6.07) is 4.74. The van der Waals surface area contributed by atoms with Crippen LogP contribution in [-0.4, -0.2) is 25.5 Å². The molecule has 16 heavy (non-hydrogen) atoms. The minimum absolute atomic E-state index is 0.405. The number of halogens is 3. The van der Waals surface area contributed by atoms with Gasteiger partial charge in [-0.25, -0.2) is 0 Å². The summed E-state index contributed by atoms with van der Waals surface area (Å²) in [5, 5.41) is 0. The van der Waals surface area contributed by atoms with Gasteiger partial charge in [0.2, 0.25) is 0 Å². The Bertz CT molecular complexity index is 347. The number of alkyl halides is 3. The summed E-state index contributed by atoms with van der Waals surface area (Å²) in [5.41, 5.74) is 5.65. The van der Waals surface area contributed by atoms with Crippen molar-refractivity contribution >= 4 is 0 Å². The van der Waals surface area contributed by atoms with Gasteiger partial charge in [0.15, 0.2) is 0 Å². The number of hydrogen-bond acceptors (Lipinski definition) is 2. The summed E-state index contributed by atoms with van der Waals surface area (Å²) >= 11 is 0. The Morgan fingerprint density at radius 2 is 1.94 bits per heavy atom. The van der Waals surface area contributed by atoms with Crippen LogP contribution in [0.4, 0.5) is 13.2 Å². The van der Waals surface area contributed by atoms with Gasteiger partial charge in [-0.2, -0.15) is 13.2 Å². The van der Waals surface area contributed by atoms with Crippen LogP contribution in [0.25, 0.3) is 0 Å². The topological polar surface area (TPSA) is 29.3 Å². The molecule has 0 fully saturated rings. The molecule has 0 aromatic heterocycles. The molecular weight excluding hydrogens is 217 g/mol. The van der Waals surface area contributed by atoms with Gasteiger partial charge in [0.25, 0.3) is 0 Å². The summed E-state index contributed by atoms with van der Waals surface area (Å²) in [6.07, 6.45) is -4.31. The maximum atomic E-state index is 12.4. The van der Waals surface area contributed by atoms with Crippen molar-refractivity contribution in [1.29, 1.82) is 0 Å². The molecule has 0 amide bonds. The highest BCUT2D eigenvalue weighted by atomic mass is 19.4. The molecule has 2 N–H and O–H groups in total. The molecular formula is C11H15F3N2. The third-order valence-corrected chi connectivity index (χ3v) is 2.20. The van der Waals surface area contributed by atoms with E-state index in [0.717, 1.165) is 12.1 Å². The lowest BCUT2D eigenvalue weighted by atomic mass is 10.0. The number of nitrogens with zero attached hydrogens (tertiary/aromatic N) is 1. The second-order valence-corrected chi connectivity index (χ2v) is 3.99. The van der Waals surface area contributed by atoms with E-state index in [1.165, 1.54) is 6.07 Å². The SMILES string of the molecule is CN(C)C[C@H](N)c1cccc(C(F)(F)F)c1. The molecule has 0 aliphatic heterocycles. The van der Waals surface area contributed by atoms with Crippen molar-refractivity contribution in [2.75, 3.05) is 20.6 Å². The van der Waals surface area contributed by atoms with Gasteiger partial charge in [0.05, 0.1) is 5.56 Å². The van der Waals surface area contributed by atoms with E-state index in [0.29, 0.717) is 12.1 Å². The maximum absolute atomic E-state index is 12.4. The van der Waals surface area contributed by atoms with E-state index in [1.54, 1.807) is 6.07 Å². The summed E-state index contributed by atoms with van der Waals surface area (Å²) < 4.78 is 37.3. The highest BCUT2D eigenvalue weighted by Gasteiger charge is 2.30. The third kappa shape index (κ3) is 3.50. The minimum atomic E-state index is -4.31. The smallest absolute Gasteiger partial charge is 0.323 e. The summed E-state index contributed by atoms with van der Waals surface area (Å²) in [4.78, 5) is 1.84. The van der Waals surface area contributed by atoms with Gasteiger partial charge in [0, 0.05) is 12.6 Å². The van der Waals surface area contributed by atoms with E-state index in [2.05, 4.69) is 0 Å². The van der Waals surface area contributed by atoms with Crippen LogP contribution in [0.5, 0.6) is 0 Å². The Labute approximate surface area is 92.9 Å². The molecule has 0 aliphatic carbocycles. The Morgan fingerprint density at radius 1 is 1.31 bits per heavy atom. The van der Waals surface area contributed by atoms with Gasteiger partial charge < -0.3 is 10.6 Å². The molecule has 0 saturated heterocycles. The van der Waals surface area contributed by atoms with Crippen molar-refractivity contribution < 1.29 is 13.2 Å². The fourth-order valence-corrected chi connectivity index (χ4v) is 1.44. The predicted octanol–water partition coefficient (Wildman–Crippen LogP) is 2.27. The molecule has 90 valence electrons. The van der Waals surface area contributed by atoms with Gasteiger partial charge >= 0.3 is 6.18 Å². The highest BCUT2D eigenvalue weighted by molar-refractivity contribution is 5.27. The van der Waals surface area contributed by atoms with Crippen molar-refractivity contribution in [2.24, 2.45) is 5.73 Å². The zero-order valence-corrected chi connectivity index (χ0v) is 9.25. The van der Waals surface area contributed by atoms with Crippen LogP contribution in [0.1, 0.15) is 17.2 Å². The lowest BCUT2D eigenvalue weighted by Gasteiger charge is -2.18. The summed E-state index contributed by atoms with van der Waals surface area (Å²) in [7, 11) is 3.65. The van der Waals surface area contributed by atoms with Crippen molar-refractivity contribution in [3.05, 3.63) is 35.4 Å². The van der Waals surface area contributed by atoms with Crippen LogP contribution < -0.4 is 5.73 Å². The fraction of sp³-hybridized carbons (Fsp3) is 0.455. The van der Waals surface area contributed by atoms with Crippen LogP contribution in [0.15, 0.2) is 24.3 Å². The predicted molar refractivity (Wildman–Crippen MR) is 56.9 cm³/mol. The number of benzene rings is 1. The second kappa shape index (κ2) is 4.84. The van der Waals surface area contributed by atoms with Gasteiger partial charge in [-0.3, -0.25) is 0 Å². The molecule has 2 nitrogen and oxygen atoms in total. The number of hydrogen-bond donors (Lipinski definition) is 1. The Balaban J connectivity index is 2.90. The van der Waals surface area contributed by atoms with Crippen molar-refractivity contribution in [3.8, 4) is 0 Å². The summed E-state index contributed by atoms with van der Waals surface area (Å²) in [6.45, 7) is 0.515. The number of rotatable bonds is 3. The standard InChI is InChI=1S/C11H15F3N2/c1-16(2)7-10(15)8-4-3-5-9(6-8)11(12,13)14/h3-6,10H,7,15H2,1-2H3/t10-/m0/s1. The van der Waals surface area contributed by atoms with E-state index in [-0.39, 0.29) is 0 Å². The Hall–Kier alpha value is -1.07. The highest BCUT2D eigenvalue weighted by Crippen LogP contribution is 2.30. The van der Waals surface area contributed by atoms with Crippen LogP contribution >= 0.6 is 0 Å². The average Bonchev–Trinajstić information content (AvgIpc) is 2.15. The van der Waals surface area contributed by atoms with Crippen molar-refractivity contribution in [2.45, 2.75) is 12.2 Å². The zero-order chi connectivity index (χ0) is 12.3. The first-order chi connectivity index (χ1) is 7.30. The maximum Gasteiger partial charge on any atom is 0.416 e. The van der Waals surface area contributed by atoms with Crippen LogP contribution in [0, 0.1) is 0 Å². The molecule has 0 heterocycles. The van der Waals surface area contributed by atoms with E-state index >= 15 is 0 Å². The fourth-order valence-electron chi connectivity index (χ4n) is 1.44. The van der Waals surface area contributed by atoms with Crippen LogP contribution in [-0.2, 0) is 6.18 Å². The first-order valence-electron chi connectivity index (χ1n) is 4.88. The molecule has 0 radical (unpaired) electrons. The van der Waals surface area contributed by atoms with Gasteiger partial charge in [-0.05, 0) is 31.8 Å². The average molecular weight is 232 g/mol. The molecule has 0 spiro atoms. The molecule has 0 saturated carbocycles. The molecule has 1 aromatic rings. The van der Waals surface area contributed by atoms with E-state index in [4.69, 9.17) is 5.73 Å². The minimum Gasteiger partial charge on any atom is -0.323 e. The monoisotopic (exact) mass is 232 g/mol. The first-order valence-corrected chi connectivity index (χ1v) is 4.88. The van der Waals surface area contributed by atoms with Crippen molar-refractivity contribution in [3.63, 3.8) is 0 Å². The van der Waals surface area contributed by atoms with E-state index < -0.39 is 17.8 Å². The molecule has 0 unspecified atom stereocenters. The first kappa shape index (κ1) is 13.0. The molecule has 1 aromatic carbocycles. The molecule has 0 bridgehead atoms. The van der Waals surface area contributed by atoms with E-state index in [9.17, 15) is 13.2 Å². The molecule has 1 atom stereocenters. The van der Waals surface area contributed by atoms with Gasteiger partial charge in [-0.1, -0.05) is 12.1 Å². The normalized spacial score (nSPS) is 14.2. The molecule has 5 heteroatoms. The number of likely N-dealkylation sites (N-methyl/N-ethyl adjacent to an activating group) is 1. The number of nitrogens with two attached hydrogens (primary N) is 1. The van der Waals surface area contributed by atoms with Gasteiger partial charge in [0.1, 0.15) is 0 Å². The Kier molecular flexibility index (Phi) is 3.93. The summed E-state index contributed by atoms with van der Waals surface area (Å²) in [5.74, 6) is 0. The second-order valence-electron chi connectivity index (χ2n) is 3.99. The van der Waals surface area contributed by atoms with Crippen LogP contribution in [0.2, 0.25) is 0 Å². The molecule has 0 aliphatic rings. The van der Waals surface area contributed by atoms with Crippen LogP contribution in [0.3, 0.4) is 0 Å². The Morgan fingerprint density at radius 3 is 2.44 bits per heavy atom. The lowest BCUT2D eigenvalue weighted by molar-refractivity contribution is -0.137. The van der Waals surface area contributed by atoms with E-state index in [1.807, 2.05) is 19.0 Å². The molecule has 1 rings (SSSR count). The zero-order valence-electron chi connectivity index (χ0n) is 9.25. The van der Waals surface area contributed by atoms with Crippen molar-refractivity contribution in [1.82, 2.24) is 4.90 Å². The quantitative estimate of drug-likeness (QED) is 0.866. The van der Waals surface area contributed by atoms with Gasteiger partial charge in [-0.15, -0.1) is 0 Å². The lowest BCUT2D eigenvalue weighted by Crippen LogP contribution is -2.26.